The summed E-state index contributed by atoms with van der Waals surface area (Å²) in [4.78, 5) is 11.1. The summed E-state index contributed by atoms with van der Waals surface area (Å²) in [5.74, 6) is -1.69. The largest absolute Gasteiger partial charge is 0.355 e. The molecule has 1 rings (SSSR count). The van der Waals surface area contributed by atoms with Crippen LogP contribution in [0, 0.1) is 0 Å². The average molecular weight is 389 g/mol. The molecule has 0 bridgehead atoms. The van der Waals surface area contributed by atoms with Crippen LogP contribution < -0.4 is 5.32 Å². The van der Waals surface area contributed by atoms with Crippen LogP contribution in [0.2, 0.25) is 5.02 Å². The minimum atomic E-state index is -3.69. The van der Waals surface area contributed by atoms with Crippen LogP contribution in [0.5, 0.6) is 0 Å². The molecule has 0 radical (unpaired) electrons. The first kappa shape index (κ1) is 19.8. The van der Waals surface area contributed by atoms with Crippen molar-refractivity contribution in [1.29, 1.82) is 0 Å². The highest BCUT2D eigenvalue weighted by Crippen LogP contribution is 2.54. The van der Waals surface area contributed by atoms with Gasteiger partial charge in [0.25, 0.3) is 5.91 Å². The first-order chi connectivity index (χ1) is 10.3. The number of benzene rings is 1. The van der Waals surface area contributed by atoms with Gasteiger partial charge in [0.15, 0.2) is 5.78 Å². The Hall–Kier alpha value is -0.290. The zero-order valence-electron chi connectivity index (χ0n) is 12.1. The Morgan fingerprint density at radius 3 is 2.09 bits per heavy atom. The molecule has 0 saturated heterocycles. The fourth-order valence-electron chi connectivity index (χ4n) is 1.66. The number of alkyl halides is 2. The van der Waals surface area contributed by atoms with Crippen LogP contribution in [0.1, 0.15) is 24.2 Å². The van der Waals surface area contributed by atoms with Gasteiger partial charge in [0.1, 0.15) is 4.84 Å². The number of halogens is 3. The summed E-state index contributed by atoms with van der Waals surface area (Å²) >= 11 is 17.5. The van der Waals surface area contributed by atoms with Crippen molar-refractivity contribution in [1.82, 2.24) is 5.32 Å². The van der Waals surface area contributed by atoms with Crippen LogP contribution in [0.25, 0.3) is 0 Å². The standard InChI is InChI=1S/C13H17Cl3NO4P/c1-3-20-22(19,21-4-2)13(11(15)16)17-12(18)9-5-7-10(14)8-6-9/h5-8,11,13H,3-4H2,1-2H3,(H,17,18)/t13-/m1/s1. The normalized spacial score (nSPS) is 13.2. The van der Waals surface area contributed by atoms with E-state index in [1.165, 1.54) is 12.1 Å². The highest BCUT2D eigenvalue weighted by atomic mass is 35.5. The van der Waals surface area contributed by atoms with Crippen LogP contribution in [0.15, 0.2) is 24.3 Å². The summed E-state index contributed by atoms with van der Waals surface area (Å²) in [5.41, 5.74) is 0.322. The van der Waals surface area contributed by atoms with Gasteiger partial charge in [-0.05, 0) is 38.1 Å². The monoisotopic (exact) mass is 387 g/mol. The van der Waals surface area contributed by atoms with Gasteiger partial charge in [-0.3, -0.25) is 9.36 Å². The molecule has 0 saturated carbocycles. The highest BCUT2D eigenvalue weighted by Gasteiger charge is 2.41. The molecule has 0 aliphatic carbocycles. The van der Waals surface area contributed by atoms with Gasteiger partial charge in [-0.25, -0.2) is 0 Å². The fourth-order valence-corrected chi connectivity index (χ4v) is 4.40. The molecule has 1 aromatic carbocycles. The lowest BCUT2D eigenvalue weighted by Gasteiger charge is -2.27. The number of hydrogen-bond acceptors (Lipinski definition) is 4. The molecule has 9 heteroatoms. The van der Waals surface area contributed by atoms with Crippen LogP contribution in [0.3, 0.4) is 0 Å². The van der Waals surface area contributed by atoms with Crippen molar-refractivity contribution in [2.75, 3.05) is 13.2 Å². The van der Waals surface area contributed by atoms with Gasteiger partial charge in [-0.15, -0.1) is 23.2 Å². The Balaban J connectivity index is 2.98. The van der Waals surface area contributed by atoms with Crippen LogP contribution in [-0.4, -0.2) is 29.7 Å². The second kappa shape index (κ2) is 9.11. The predicted molar refractivity (Wildman–Crippen MR) is 89.1 cm³/mol. The molecule has 0 aliphatic heterocycles. The minimum Gasteiger partial charge on any atom is -0.336 e. The minimum absolute atomic E-state index is 0.130. The molecule has 22 heavy (non-hydrogen) atoms. The summed E-state index contributed by atoms with van der Waals surface area (Å²) < 4.78 is 23.1. The van der Waals surface area contributed by atoms with Gasteiger partial charge in [0.2, 0.25) is 0 Å². The molecule has 0 aromatic heterocycles. The van der Waals surface area contributed by atoms with Crippen molar-refractivity contribution < 1.29 is 18.4 Å². The van der Waals surface area contributed by atoms with Crippen molar-refractivity contribution in [2.24, 2.45) is 0 Å². The Bertz CT molecular complexity index is 529. The van der Waals surface area contributed by atoms with E-state index in [4.69, 9.17) is 43.9 Å². The number of carbonyl (C=O) groups is 1. The Labute approximate surface area is 144 Å². The first-order valence-electron chi connectivity index (χ1n) is 6.57. The lowest BCUT2D eigenvalue weighted by Crippen LogP contribution is -2.40. The zero-order chi connectivity index (χ0) is 16.8. The third kappa shape index (κ3) is 5.41. The molecule has 1 atom stereocenters. The highest BCUT2D eigenvalue weighted by molar-refractivity contribution is 7.55. The van der Waals surface area contributed by atoms with E-state index in [0.29, 0.717) is 10.6 Å². The lowest BCUT2D eigenvalue weighted by molar-refractivity contribution is 0.0939. The van der Waals surface area contributed by atoms with E-state index in [0.717, 1.165) is 0 Å². The zero-order valence-corrected chi connectivity index (χ0v) is 15.3. The number of hydrogen-bond donors (Lipinski definition) is 1. The molecule has 0 heterocycles. The molecule has 1 aromatic rings. The molecule has 1 amide bonds. The van der Waals surface area contributed by atoms with E-state index in [9.17, 15) is 9.36 Å². The maximum atomic E-state index is 12.7. The average Bonchev–Trinajstić information content (AvgIpc) is 2.45. The van der Waals surface area contributed by atoms with Crippen molar-refractivity contribution in [2.45, 2.75) is 24.5 Å². The summed E-state index contributed by atoms with van der Waals surface area (Å²) in [7, 11) is -3.69. The molecular weight excluding hydrogens is 371 g/mol. The second-order valence-corrected chi connectivity index (χ2v) is 7.89. The maximum Gasteiger partial charge on any atom is 0.355 e. The van der Waals surface area contributed by atoms with E-state index >= 15 is 0 Å². The van der Waals surface area contributed by atoms with E-state index < -0.39 is 24.1 Å². The van der Waals surface area contributed by atoms with E-state index in [1.54, 1.807) is 26.0 Å². The third-order valence-electron chi connectivity index (χ3n) is 2.58. The number of rotatable bonds is 8. The summed E-state index contributed by atoms with van der Waals surface area (Å²) in [6.07, 6.45) is 0. The predicted octanol–water partition coefficient (Wildman–Crippen LogP) is 4.47. The second-order valence-electron chi connectivity index (χ2n) is 4.14. The fraction of sp³-hybridized carbons (Fsp3) is 0.462. The summed E-state index contributed by atoms with van der Waals surface area (Å²) in [6, 6.07) is 6.18. The van der Waals surface area contributed by atoms with Crippen molar-refractivity contribution in [3.63, 3.8) is 0 Å². The SMILES string of the molecule is CCOP(=O)(OCC)[C@@H](NC(=O)c1ccc(Cl)cc1)C(Cl)Cl. The van der Waals surface area contributed by atoms with Gasteiger partial charge >= 0.3 is 7.60 Å². The van der Waals surface area contributed by atoms with E-state index in [1.807, 2.05) is 0 Å². The van der Waals surface area contributed by atoms with Gasteiger partial charge in [-0.1, -0.05) is 11.6 Å². The molecular formula is C13H17Cl3NO4P. The summed E-state index contributed by atoms with van der Waals surface area (Å²) in [5, 5.41) is 3.00. The van der Waals surface area contributed by atoms with Crippen molar-refractivity contribution >= 4 is 48.3 Å². The summed E-state index contributed by atoms with van der Waals surface area (Å²) in [6.45, 7) is 3.57. The van der Waals surface area contributed by atoms with E-state index in [-0.39, 0.29) is 13.2 Å². The van der Waals surface area contributed by atoms with Crippen LogP contribution >= 0.6 is 42.4 Å². The Kier molecular flexibility index (Phi) is 8.19. The number of nitrogens with one attached hydrogen (secondary N) is 1. The van der Waals surface area contributed by atoms with Crippen molar-refractivity contribution in [3.05, 3.63) is 34.9 Å². The number of amides is 1. The third-order valence-corrected chi connectivity index (χ3v) is 6.03. The Morgan fingerprint density at radius 1 is 1.18 bits per heavy atom. The van der Waals surface area contributed by atoms with Crippen LogP contribution in [0.4, 0.5) is 0 Å². The smallest absolute Gasteiger partial charge is 0.336 e. The van der Waals surface area contributed by atoms with Gasteiger partial charge in [0, 0.05) is 10.6 Å². The van der Waals surface area contributed by atoms with E-state index in [2.05, 4.69) is 5.32 Å². The lowest BCUT2D eigenvalue weighted by atomic mass is 10.2. The topological polar surface area (TPSA) is 64.6 Å². The van der Waals surface area contributed by atoms with Gasteiger partial charge < -0.3 is 14.4 Å². The molecule has 0 unspecified atom stereocenters. The first-order valence-corrected chi connectivity index (χ1v) is 9.43. The molecule has 1 N–H and O–H groups in total. The Morgan fingerprint density at radius 2 is 1.68 bits per heavy atom. The number of carbonyl (C=O) groups excluding carboxylic acids is 1. The quantitative estimate of drug-likeness (QED) is 0.527. The molecule has 0 spiro atoms. The van der Waals surface area contributed by atoms with Gasteiger partial charge in [-0.2, -0.15) is 0 Å². The van der Waals surface area contributed by atoms with Crippen LogP contribution in [-0.2, 0) is 13.6 Å². The molecule has 0 aliphatic rings. The van der Waals surface area contributed by atoms with Gasteiger partial charge in [0.05, 0.1) is 13.2 Å². The molecule has 124 valence electrons. The van der Waals surface area contributed by atoms with Crippen molar-refractivity contribution in [3.8, 4) is 0 Å². The maximum absolute atomic E-state index is 12.7. The molecule has 5 nitrogen and oxygen atoms in total. The molecule has 0 fully saturated rings.